The fraction of sp³-hybridized carbons (Fsp3) is 0.455. The Kier molecular flexibility index (Phi) is 15.0. The van der Waals surface area contributed by atoms with Crippen molar-refractivity contribution in [3.63, 3.8) is 0 Å². The van der Waals surface area contributed by atoms with Crippen LogP contribution in [0.2, 0.25) is 0 Å². The number of amides is 1. The third kappa shape index (κ3) is 11.9. The fourth-order valence-corrected chi connectivity index (χ4v) is 8.31. The molecule has 2 heterocycles. The summed E-state index contributed by atoms with van der Waals surface area (Å²) in [5.74, 6) is 0.212. The average molecular weight is 771 g/mol. The first-order valence-corrected chi connectivity index (χ1v) is 20.9. The quantitative estimate of drug-likeness (QED) is 0.104. The minimum Gasteiger partial charge on any atom is -0.491 e. The topological polar surface area (TPSA) is 120 Å². The molecule has 0 unspecified atom stereocenters. The van der Waals surface area contributed by atoms with Gasteiger partial charge in [-0.2, -0.15) is 0 Å². The lowest BCUT2D eigenvalue weighted by molar-refractivity contribution is -0.139. The summed E-state index contributed by atoms with van der Waals surface area (Å²) in [7, 11) is -1.22. The van der Waals surface area contributed by atoms with E-state index in [0.717, 1.165) is 89.9 Å². The highest BCUT2D eigenvalue weighted by Crippen LogP contribution is 2.35. The summed E-state index contributed by atoms with van der Waals surface area (Å²) in [5, 5.41) is 16.0. The van der Waals surface area contributed by atoms with Crippen molar-refractivity contribution in [3.05, 3.63) is 89.3 Å². The molecule has 2 aliphatic heterocycles. The Morgan fingerprint density at radius 2 is 1.69 bits per heavy atom. The van der Waals surface area contributed by atoms with Crippen molar-refractivity contribution in [1.82, 2.24) is 10.2 Å². The van der Waals surface area contributed by atoms with E-state index in [-0.39, 0.29) is 12.3 Å². The standard InChI is InChI=1S/C44H58N4O6S/c1-6-8-23-53-24-25-54-38-16-11-33(12-17-38)34-13-20-40-36(26-34)27-35(10-9-22-47(40)30-44(4,5)28-42(49)50)43(51)46-37-14-18-39(19-15-37)55(52)29-41-32(3)45-31-48(41)21-7-2/h11-20,26-27,45H,6-10,21-25,28-31H2,1-5H3,(H,46,51)(H,49,50)/b35-27+/t55-/m0/s1. The normalized spacial score (nSPS) is 16.1. The van der Waals surface area contributed by atoms with E-state index in [1.165, 1.54) is 0 Å². The van der Waals surface area contributed by atoms with Crippen molar-refractivity contribution >= 4 is 40.1 Å². The summed E-state index contributed by atoms with van der Waals surface area (Å²) in [6.07, 6.45) is 6.47. The van der Waals surface area contributed by atoms with E-state index < -0.39 is 22.2 Å². The predicted octanol–water partition coefficient (Wildman–Crippen LogP) is 8.28. The zero-order valence-corrected chi connectivity index (χ0v) is 33.9. The molecule has 0 bridgehead atoms. The van der Waals surface area contributed by atoms with Crippen molar-refractivity contribution in [3.8, 4) is 16.9 Å². The van der Waals surface area contributed by atoms with Crippen LogP contribution in [0.4, 0.5) is 11.4 Å². The molecule has 0 fully saturated rings. The number of fused-ring (bicyclic) bond motifs is 1. The molecule has 0 radical (unpaired) electrons. The number of anilines is 2. The number of benzene rings is 3. The second-order valence-corrected chi connectivity index (χ2v) is 16.6. The van der Waals surface area contributed by atoms with Crippen molar-refractivity contribution in [2.45, 2.75) is 78.0 Å². The van der Waals surface area contributed by atoms with Gasteiger partial charge in [0.15, 0.2) is 0 Å². The first kappa shape index (κ1) is 41.6. The Hall–Kier alpha value is -4.61. The zero-order valence-electron chi connectivity index (χ0n) is 33.1. The van der Waals surface area contributed by atoms with Crippen LogP contribution in [-0.4, -0.2) is 78.0 Å². The molecule has 296 valence electrons. The average Bonchev–Trinajstić information content (AvgIpc) is 3.48. The SMILES string of the molecule is CCCCOCCOc1ccc(-c2ccc3c(c2)/C=C(/C(=O)Nc2ccc([S@@](=O)CC4=C(C)NCN4CCC)cc2)CCCN3CC(C)(C)CC(=O)O)cc1. The third-order valence-electron chi connectivity index (χ3n) is 9.92. The summed E-state index contributed by atoms with van der Waals surface area (Å²) >= 11 is 0. The van der Waals surface area contributed by atoms with Gasteiger partial charge < -0.3 is 35.0 Å². The number of carboxylic acids is 1. The minimum absolute atomic E-state index is 0.0537. The number of unbranched alkanes of at least 4 members (excludes halogenated alkanes) is 1. The maximum absolute atomic E-state index is 13.8. The Balaban J connectivity index is 1.34. The van der Waals surface area contributed by atoms with Gasteiger partial charge in [-0.15, -0.1) is 0 Å². The second-order valence-electron chi connectivity index (χ2n) is 15.2. The Morgan fingerprint density at radius 3 is 2.40 bits per heavy atom. The number of rotatable bonds is 19. The number of carbonyl (C=O) groups is 2. The highest BCUT2D eigenvalue weighted by Gasteiger charge is 2.28. The van der Waals surface area contributed by atoms with E-state index >= 15 is 0 Å². The Morgan fingerprint density at radius 1 is 0.945 bits per heavy atom. The number of carbonyl (C=O) groups excluding carboxylic acids is 1. The van der Waals surface area contributed by atoms with Gasteiger partial charge in [-0.3, -0.25) is 13.8 Å². The van der Waals surface area contributed by atoms with Crippen LogP contribution in [0.3, 0.4) is 0 Å². The number of carboxylic acid groups (broad SMARTS) is 1. The number of nitrogens with one attached hydrogen (secondary N) is 2. The lowest BCUT2D eigenvalue weighted by Crippen LogP contribution is -2.37. The van der Waals surface area contributed by atoms with Gasteiger partial charge in [-0.25, -0.2) is 0 Å². The molecule has 2 aliphatic rings. The minimum atomic E-state index is -1.22. The summed E-state index contributed by atoms with van der Waals surface area (Å²) in [5.41, 5.74) is 6.86. The molecule has 3 aromatic rings. The molecular weight excluding hydrogens is 713 g/mol. The first-order chi connectivity index (χ1) is 26.5. The number of nitrogens with zero attached hydrogens (tertiary/aromatic N) is 2. The smallest absolute Gasteiger partial charge is 0.303 e. The molecule has 55 heavy (non-hydrogen) atoms. The number of aliphatic carboxylic acids is 1. The van der Waals surface area contributed by atoms with Crippen LogP contribution < -0.4 is 20.3 Å². The van der Waals surface area contributed by atoms with E-state index in [0.29, 0.717) is 49.7 Å². The number of ether oxygens (including phenoxy) is 2. The van der Waals surface area contributed by atoms with Crippen molar-refractivity contribution in [2.75, 3.05) is 62.1 Å². The lowest BCUT2D eigenvalue weighted by Gasteiger charge is -2.35. The molecule has 11 heteroatoms. The molecule has 3 aromatic carbocycles. The number of hydrogen-bond donors (Lipinski definition) is 3. The molecule has 10 nitrogen and oxygen atoms in total. The maximum atomic E-state index is 13.8. The zero-order chi connectivity index (χ0) is 39.4. The monoisotopic (exact) mass is 770 g/mol. The van der Waals surface area contributed by atoms with Gasteiger partial charge in [0.25, 0.3) is 5.91 Å². The van der Waals surface area contributed by atoms with E-state index in [1.54, 1.807) is 0 Å². The van der Waals surface area contributed by atoms with Crippen LogP contribution in [0, 0.1) is 5.41 Å². The van der Waals surface area contributed by atoms with Crippen molar-refractivity contribution in [2.24, 2.45) is 5.41 Å². The maximum Gasteiger partial charge on any atom is 0.303 e. The second kappa shape index (κ2) is 19.8. The van der Waals surface area contributed by atoms with Crippen molar-refractivity contribution < 1.29 is 28.4 Å². The molecule has 1 amide bonds. The summed E-state index contributed by atoms with van der Waals surface area (Å²) in [6.45, 7) is 15.0. The number of allylic oxidation sites excluding steroid dienone is 1. The summed E-state index contributed by atoms with van der Waals surface area (Å²) in [4.78, 5) is 30.8. The molecular formula is C44H58N4O6S. The highest BCUT2D eigenvalue weighted by molar-refractivity contribution is 7.85. The Labute approximate surface area is 329 Å². The van der Waals surface area contributed by atoms with Crippen LogP contribution in [-0.2, 0) is 25.1 Å². The van der Waals surface area contributed by atoms with Gasteiger partial charge in [-0.1, -0.05) is 52.3 Å². The van der Waals surface area contributed by atoms with Gasteiger partial charge >= 0.3 is 5.97 Å². The Bertz CT molecular complexity index is 1850. The third-order valence-corrected chi connectivity index (χ3v) is 11.3. The van der Waals surface area contributed by atoms with E-state index in [2.05, 4.69) is 52.5 Å². The van der Waals surface area contributed by atoms with Gasteiger partial charge in [-0.05, 0) is 109 Å². The molecule has 5 rings (SSSR count). The predicted molar refractivity (Wildman–Crippen MR) is 223 cm³/mol. The first-order valence-electron chi connectivity index (χ1n) is 19.6. The van der Waals surface area contributed by atoms with E-state index in [1.807, 2.05) is 75.4 Å². The van der Waals surface area contributed by atoms with Gasteiger partial charge in [0.05, 0.1) is 36.2 Å². The van der Waals surface area contributed by atoms with Crippen LogP contribution in [0.15, 0.2) is 88.6 Å². The molecule has 0 saturated carbocycles. The summed E-state index contributed by atoms with van der Waals surface area (Å²) in [6, 6.07) is 21.5. The lowest BCUT2D eigenvalue weighted by atomic mass is 9.87. The highest BCUT2D eigenvalue weighted by atomic mass is 32.2. The fourth-order valence-electron chi connectivity index (χ4n) is 7.06. The number of hydrogen-bond acceptors (Lipinski definition) is 8. The van der Waals surface area contributed by atoms with E-state index in [9.17, 15) is 18.9 Å². The van der Waals surface area contributed by atoms with Gasteiger partial charge in [0, 0.05) is 59.5 Å². The van der Waals surface area contributed by atoms with Crippen LogP contribution in [0.5, 0.6) is 5.75 Å². The molecule has 0 saturated heterocycles. The molecule has 0 spiro atoms. The van der Waals surface area contributed by atoms with E-state index in [4.69, 9.17) is 9.47 Å². The van der Waals surface area contributed by atoms with Crippen LogP contribution >= 0.6 is 0 Å². The molecule has 0 aliphatic carbocycles. The summed E-state index contributed by atoms with van der Waals surface area (Å²) < 4.78 is 24.8. The van der Waals surface area contributed by atoms with Gasteiger partial charge in [0.2, 0.25) is 0 Å². The van der Waals surface area contributed by atoms with Crippen LogP contribution in [0.1, 0.15) is 78.7 Å². The van der Waals surface area contributed by atoms with Gasteiger partial charge in [0.1, 0.15) is 12.4 Å². The molecule has 0 aromatic heterocycles. The van der Waals surface area contributed by atoms with Crippen LogP contribution in [0.25, 0.3) is 17.2 Å². The van der Waals surface area contributed by atoms with Crippen molar-refractivity contribution in [1.29, 1.82) is 0 Å². The molecule has 1 atom stereocenters. The largest absolute Gasteiger partial charge is 0.491 e. The molecule has 3 N–H and O–H groups in total.